The van der Waals surface area contributed by atoms with Crippen LogP contribution in [0.25, 0.3) is 0 Å². The topological polar surface area (TPSA) is 70.0 Å². The van der Waals surface area contributed by atoms with Crippen LogP contribution in [0.1, 0.15) is 18.1 Å². The summed E-state index contributed by atoms with van der Waals surface area (Å²) < 4.78 is 59.8. The van der Waals surface area contributed by atoms with Gasteiger partial charge in [0.25, 0.3) is 0 Å². The Balaban J connectivity index is 3.01. The average Bonchev–Trinajstić information content (AvgIpc) is 2.25. The fourth-order valence-electron chi connectivity index (χ4n) is 1.70. The van der Waals surface area contributed by atoms with Crippen LogP contribution in [0.4, 0.5) is 18.9 Å². The third kappa shape index (κ3) is 4.74. The number of halogens is 3. The molecule has 0 radical (unpaired) electrons. The van der Waals surface area contributed by atoms with Gasteiger partial charge >= 0.3 is 6.18 Å². The van der Waals surface area contributed by atoms with E-state index < -0.39 is 27.6 Å². The highest BCUT2D eigenvalue weighted by Gasteiger charge is 2.31. The molecule has 1 unspecified atom stereocenters. The third-order valence-corrected chi connectivity index (χ3v) is 3.53. The first-order chi connectivity index (χ1) is 9.03. The van der Waals surface area contributed by atoms with E-state index in [-0.39, 0.29) is 17.0 Å². The molecule has 1 N–H and O–H groups in total. The van der Waals surface area contributed by atoms with Crippen LogP contribution in [-0.2, 0) is 16.0 Å². The number of benzene rings is 1. The van der Waals surface area contributed by atoms with E-state index in [9.17, 15) is 21.6 Å². The van der Waals surface area contributed by atoms with E-state index in [1.165, 1.54) is 0 Å². The van der Waals surface area contributed by atoms with Crippen LogP contribution in [-0.4, -0.2) is 26.5 Å². The number of nitrogens with zero attached hydrogens (tertiary/aromatic N) is 1. The Labute approximate surface area is 115 Å². The van der Waals surface area contributed by atoms with Crippen molar-refractivity contribution in [2.24, 2.45) is 0 Å². The van der Waals surface area contributed by atoms with Crippen LogP contribution < -0.4 is 5.32 Å². The molecule has 0 aliphatic carbocycles. The minimum Gasteiger partial charge on any atom is -0.380 e. The SMILES string of the molecule is CC(CS(C)(=O)=O)Nc1ccc(C(F)(F)F)cc1C#N. The molecule has 1 rings (SSSR count). The average molecular weight is 306 g/mol. The zero-order chi connectivity index (χ0) is 15.6. The molecule has 0 aliphatic heterocycles. The number of nitrogens with one attached hydrogen (secondary N) is 1. The quantitative estimate of drug-likeness (QED) is 0.927. The lowest BCUT2D eigenvalue weighted by atomic mass is 10.1. The van der Waals surface area contributed by atoms with Crippen molar-refractivity contribution in [1.82, 2.24) is 0 Å². The minimum absolute atomic E-state index is 0.177. The van der Waals surface area contributed by atoms with Crippen molar-refractivity contribution >= 4 is 15.5 Å². The lowest BCUT2D eigenvalue weighted by Gasteiger charge is -2.16. The maximum absolute atomic E-state index is 12.5. The number of nitriles is 1. The Morgan fingerprint density at radius 2 is 2.00 bits per heavy atom. The van der Waals surface area contributed by atoms with E-state index in [0.717, 1.165) is 24.5 Å². The lowest BCUT2D eigenvalue weighted by molar-refractivity contribution is -0.137. The summed E-state index contributed by atoms with van der Waals surface area (Å²) in [5.41, 5.74) is -0.924. The van der Waals surface area contributed by atoms with Crippen LogP contribution in [0.2, 0.25) is 0 Å². The summed E-state index contributed by atoms with van der Waals surface area (Å²) in [7, 11) is -3.22. The summed E-state index contributed by atoms with van der Waals surface area (Å²) in [6.45, 7) is 1.57. The maximum Gasteiger partial charge on any atom is 0.416 e. The molecule has 0 spiro atoms. The zero-order valence-corrected chi connectivity index (χ0v) is 11.6. The van der Waals surface area contributed by atoms with Gasteiger partial charge in [0.05, 0.1) is 22.6 Å². The zero-order valence-electron chi connectivity index (χ0n) is 10.8. The first-order valence-corrected chi connectivity index (χ1v) is 7.64. The van der Waals surface area contributed by atoms with Gasteiger partial charge in [-0.3, -0.25) is 0 Å². The molecular weight excluding hydrogens is 293 g/mol. The van der Waals surface area contributed by atoms with Gasteiger partial charge in [0.2, 0.25) is 0 Å². The first kappa shape index (κ1) is 16.3. The van der Waals surface area contributed by atoms with Gasteiger partial charge in [0, 0.05) is 12.3 Å². The highest BCUT2D eigenvalue weighted by Crippen LogP contribution is 2.31. The van der Waals surface area contributed by atoms with Crippen molar-refractivity contribution in [1.29, 1.82) is 5.26 Å². The molecule has 0 saturated carbocycles. The van der Waals surface area contributed by atoms with E-state index >= 15 is 0 Å². The second-order valence-corrected chi connectivity index (χ2v) is 6.69. The van der Waals surface area contributed by atoms with Crippen molar-refractivity contribution < 1.29 is 21.6 Å². The molecule has 0 saturated heterocycles. The van der Waals surface area contributed by atoms with Crippen molar-refractivity contribution in [2.75, 3.05) is 17.3 Å². The van der Waals surface area contributed by atoms with Crippen molar-refractivity contribution in [3.8, 4) is 6.07 Å². The standard InChI is InChI=1S/C12H13F3N2O2S/c1-8(7-20(2,18)19)17-11-4-3-10(12(13,14)15)5-9(11)6-16/h3-5,8,17H,7H2,1-2H3. The van der Waals surface area contributed by atoms with Crippen molar-refractivity contribution in [3.05, 3.63) is 29.3 Å². The van der Waals surface area contributed by atoms with Gasteiger partial charge < -0.3 is 5.32 Å². The summed E-state index contributed by atoms with van der Waals surface area (Å²) in [6.07, 6.45) is -3.47. The number of rotatable bonds is 4. The Bertz CT molecular complexity index is 633. The fraction of sp³-hybridized carbons (Fsp3) is 0.417. The van der Waals surface area contributed by atoms with Crippen LogP contribution in [0, 0.1) is 11.3 Å². The van der Waals surface area contributed by atoms with E-state index in [1.807, 2.05) is 0 Å². The van der Waals surface area contributed by atoms with Crippen molar-refractivity contribution in [2.45, 2.75) is 19.1 Å². The van der Waals surface area contributed by atoms with Gasteiger partial charge in [-0.25, -0.2) is 8.42 Å². The Morgan fingerprint density at radius 1 is 1.40 bits per heavy atom. The smallest absolute Gasteiger partial charge is 0.380 e. The van der Waals surface area contributed by atoms with E-state index in [2.05, 4.69) is 5.32 Å². The third-order valence-electron chi connectivity index (χ3n) is 2.42. The summed E-state index contributed by atoms with van der Waals surface area (Å²) in [5, 5.41) is 11.6. The van der Waals surface area contributed by atoms with Crippen LogP contribution in [0.3, 0.4) is 0 Å². The second-order valence-electron chi connectivity index (χ2n) is 4.51. The van der Waals surface area contributed by atoms with Crippen molar-refractivity contribution in [3.63, 3.8) is 0 Å². The van der Waals surface area contributed by atoms with Crippen LogP contribution in [0.5, 0.6) is 0 Å². The summed E-state index contributed by atoms with van der Waals surface area (Å²) in [4.78, 5) is 0. The summed E-state index contributed by atoms with van der Waals surface area (Å²) >= 11 is 0. The monoisotopic (exact) mass is 306 g/mol. The molecule has 0 aromatic heterocycles. The predicted octanol–water partition coefficient (Wildman–Crippen LogP) is 2.42. The molecule has 1 aromatic rings. The van der Waals surface area contributed by atoms with Gasteiger partial charge in [-0.05, 0) is 25.1 Å². The molecule has 0 fully saturated rings. The van der Waals surface area contributed by atoms with Gasteiger partial charge in [-0.15, -0.1) is 0 Å². The second kappa shape index (κ2) is 5.71. The maximum atomic E-state index is 12.5. The number of hydrogen-bond acceptors (Lipinski definition) is 4. The number of alkyl halides is 3. The van der Waals surface area contributed by atoms with Gasteiger partial charge in [-0.1, -0.05) is 0 Å². The number of hydrogen-bond donors (Lipinski definition) is 1. The summed E-state index contributed by atoms with van der Waals surface area (Å²) in [5.74, 6) is -0.182. The molecule has 110 valence electrons. The van der Waals surface area contributed by atoms with Crippen LogP contribution in [0.15, 0.2) is 18.2 Å². The number of sulfone groups is 1. The highest BCUT2D eigenvalue weighted by molar-refractivity contribution is 7.90. The molecule has 0 heterocycles. The molecule has 8 heteroatoms. The minimum atomic E-state index is -4.53. The van der Waals surface area contributed by atoms with Crippen LogP contribution >= 0.6 is 0 Å². The Hall–Kier alpha value is -1.75. The van der Waals surface area contributed by atoms with E-state index in [1.54, 1.807) is 13.0 Å². The predicted molar refractivity (Wildman–Crippen MR) is 69.0 cm³/mol. The molecule has 20 heavy (non-hydrogen) atoms. The van der Waals surface area contributed by atoms with E-state index in [0.29, 0.717) is 0 Å². The molecule has 1 atom stereocenters. The molecule has 1 aromatic carbocycles. The highest BCUT2D eigenvalue weighted by atomic mass is 32.2. The Kier molecular flexibility index (Phi) is 4.65. The molecule has 0 bridgehead atoms. The van der Waals surface area contributed by atoms with Gasteiger partial charge in [0.1, 0.15) is 15.9 Å². The molecular formula is C12H13F3N2O2S. The first-order valence-electron chi connectivity index (χ1n) is 5.58. The fourth-order valence-corrected chi connectivity index (χ4v) is 2.69. The lowest BCUT2D eigenvalue weighted by Crippen LogP contribution is -2.25. The van der Waals surface area contributed by atoms with Gasteiger partial charge in [0.15, 0.2) is 0 Å². The summed E-state index contributed by atoms with van der Waals surface area (Å²) in [6, 6.07) is 3.85. The van der Waals surface area contributed by atoms with Gasteiger partial charge in [-0.2, -0.15) is 18.4 Å². The van der Waals surface area contributed by atoms with E-state index in [4.69, 9.17) is 5.26 Å². The molecule has 0 amide bonds. The molecule has 0 aliphatic rings. The number of anilines is 1. The largest absolute Gasteiger partial charge is 0.416 e. The normalized spacial score (nSPS) is 13.6. The Morgan fingerprint density at radius 3 is 2.45 bits per heavy atom. The molecule has 4 nitrogen and oxygen atoms in total.